The monoisotopic (exact) mass is 309 g/mol. The molecule has 0 aliphatic carbocycles. The second-order valence-corrected chi connectivity index (χ2v) is 6.94. The zero-order valence-corrected chi connectivity index (χ0v) is 12.8. The molecule has 2 rings (SSSR count). The van der Waals surface area contributed by atoms with Gasteiger partial charge in [-0.2, -0.15) is 0 Å². The van der Waals surface area contributed by atoms with Crippen molar-refractivity contribution in [3.63, 3.8) is 0 Å². The van der Waals surface area contributed by atoms with Crippen LogP contribution in [-0.4, -0.2) is 23.9 Å². The Balaban J connectivity index is 2.11. The molecule has 0 spiro atoms. The molecule has 1 amide bonds. The summed E-state index contributed by atoms with van der Waals surface area (Å²) in [5, 5.41) is 0. The van der Waals surface area contributed by atoms with E-state index in [2.05, 4.69) is 36.7 Å². The van der Waals surface area contributed by atoms with Gasteiger partial charge in [-0.25, -0.2) is 0 Å². The van der Waals surface area contributed by atoms with Crippen molar-refractivity contribution >= 4 is 21.8 Å². The highest BCUT2D eigenvalue weighted by Gasteiger charge is 2.34. The van der Waals surface area contributed by atoms with Crippen LogP contribution >= 0.6 is 15.9 Å². The maximum atomic E-state index is 12.4. The minimum absolute atomic E-state index is 0.147. The Morgan fingerprint density at radius 1 is 1.33 bits per heavy atom. The number of hydrogen-bond donors (Lipinski definition) is 0. The van der Waals surface area contributed by atoms with E-state index in [1.54, 1.807) is 0 Å². The Morgan fingerprint density at radius 2 is 2.00 bits per heavy atom. The number of hydrogen-bond acceptors (Lipinski definition) is 1. The maximum absolute atomic E-state index is 12.4. The molecule has 98 valence electrons. The Bertz CT molecular complexity index is 450. The third kappa shape index (κ3) is 2.77. The van der Waals surface area contributed by atoms with Gasteiger partial charge in [0.25, 0.3) is 5.91 Å². The quantitative estimate of drug-likeness (QED) is 0.769. The standard InChI is InChI=1S/C15H20BrNO/c1-15(2,3)11-8-9-17(10-11)14(18)12-6-4-5-7-13(12)16/h4-7,11H,8-10H2,1-3H3. The van der Waals surface area contributed by atoms with Crippen molar-refractivity contribution in [2.24, 2.45) is 11.3 Å². The highest BCUT2D eigenvalue weighted by atomic mass is 79.9. The smallest absolute Gasteiger partial charge is 0.255 e. The van der Waals surface area contributed by atoms with Crippen molar-refractivity contribution in [2.75, 3.05) is 13.1 Å². The minimum Gasteiger partial charge on any atom is -0.338 e. The molecule has 0 bridgehead atoms. The second-order valence-electron chi connectivity index (χ2n) is 6.08. The van der Waals surface area contributed by atoms with Crippen molar-refractivity contribution in [3.05, 3.63) is 34.3 Å². The summed E-state index contributed by atoms with van der Waals surface area (Å²) in [6.45, 7) is 8.52. The molecule has 1 atom stereocenters. The van der Waals surface area contributed by atoms with E-state index in [0.29, 0.717) is 5.92 Å². The summed E-state index contributed by atoms with van der Waals surface area (Å²) in [7, 11) is 0. The van der Waals surface area contributed by atoms with Crippen LogP contribution in [0, 0.1) is 11.3 Å². The Hall–Kier alpha value is -0.830. The Morgan fingerprint density at radius 3 is 2.56 bits per heavy atom. The molecule has 0 radical (unpaired) electrons. The van der Waals surface area contributed by atoms with E-state index < -0.39 is 0 Å². The van der Waals surface area contributed by atoms with Crippen LogP contribution in [0.4, 0.5) is 0 Å². The zero-order valence-electron chi connectivity index (χ0n) is 11.2. The first-order chi connectivity index (χ1) is 8.39. The first-order valence-electron chi connectivity index (χ1n) is 6.43. The number of amides is 1. The molecule has 1 aliphatic rings. The van der Waals surface area contributed by atoms with Gasteiger partial charge in [0.1, 0.15) is 0 Å². The van der Waals surface area contributed by atoms with Crippen LogP contribution in [0.1, 0.15) is 37.6 Å². The molecule has 1 aromatic carbocycles. The molecule has 1 aliphatic heterocycles. The molecule has 1 unspecified atom stereocenters. The van der Waals surface area contributed by atoms with Gasteiger partial charge in [0.05, 0.1) is 5.56 Å². The third-order valence-electron chi connectivity index (χ3n) is 3.80. The summed E-state index contributed by atoms with van der Waals surface area (Å²) in [5.74, 6) is 0.748. The SMILES string of the molecule is CC(C)(C)C1CCN(C(=O)c2ccccc2Br)C1. The summed E-state index contributed by atoms with van der Waals surface area (Å²) in [6, 6.07) is 7.65. The van der Waals surface area contributed by atoms with Crippen LogP contribution in [0.15, 0.2) is 28.7 Å². The fourth-order valence-electron chi connectivity index (χ4n) is 2.46. The van der Waals surface area contributed by atoms with E-state index >= 15 is 0 Å². The average Bonchev–Trinajstić information content (AvgIpc) is 2.77. The van der Waals surface area contributed by atoms with E-state index in [4.69, 9.17) is 0 Å². The number of carbonyl (C=O) groups excluding carboxylic acids is 1. The Kier molecular flexibility index (Phi) is 3.81. The lowest BCUT2D eigenvalue weighted by atomic mass is 9.80. The largest absolute Gasteiger partial charge is 0.338 e. The first-order valence-corrected chi connectivity index (χ1v) is 7.22. The van der Waals surface area contributed by atoms with Crippen LogP contribution in [0.2, 0.25) is 0 Å². The van der Waals surface area contributed by atoms with Crippen LogP contribution in [0.3, 0.4) is 0 Å². The summed E-state index contributed by atoms with van der Waals surface area (Å²) in [5.41, 5.74) is 1.05. The predicted octanol–water partition coefficient (Wildman–Crippen LogP) is 3.96. The molecular formula is C15H20BrNO. The fraction of sp³-hybridized carbons (Fsp3) is 0.533. The van der Waals surface area contributed by atoms with Crippen molar-refractivity contribution in [2.45, 2.75) is 27.2 Å². The molecule has 1 heterocycles. The van der Waals surface area contributed by atoms with Crippen molar-refractivity contribution < 1.29 is 4.79 Å². The third-order valence-corrected chi connectivity index (χ3v) is 4.50. The number of rotatable bonds is 1. The van der Waals surface area contributed by atoms with Gasteiger partial charge in [-0.1, -0.05) is 32.9 Å². The molecule has 1 fully saturated rings. The number of carbonyl (C=O) groups is 1. The van der Waals surface area contributed by atoms with E-state index in [0.717, 1.165) is 29.5 Å². The van der Waals surface area contributed by atoms with E-state index in [1.165, 1.54) is 0 Å². The van der Waals surface area contributed by atoms with Gasteiger partial charge in [0.2, 0.25) is 0 Å². The summed E-state index contributed by atoms with van der Waals surface area (Å²) >= 11 is 3.45. The fourth-order valence-corrected chi connectivity index (χ4v) is 2.91. The molecule has 0 saturated carbocycles. The van der Waals surface area contributed by atoms with Gasteiger partial charge in [0.15, 0.2) is 0 Å². The summed E-state index contributed by atoms with van der Waals surface area (Å²) in [4.78, 5) is 14.4. The molecule has 0 N–H and O–H groups in total. The zero-order chi connectivity index (χ0) is 13.3. The van der Waals surface area contributed by atoms with Gasteiger partial charge >= 0.3 is 0 Å². The minimum atomic E-state index is 0.147. The topological polar surface area (TPSA) is 20.3 Å². The van der Waals surface area contributed by atoms with Crippen LogP contribution < -0.4 is 0 Å². The summed E-state index contributed by atoms with van der Waals surface area (Å²) in [6.07, 6.45) is 1.11. The lowest BCUT2D eigenvalue weighted by molar-refractivity contribution is 0.0775. The van der Waals surface area contributed by atoms with Gasteiger partial charge in [-0.05, 0) is 45.8 Å². The molecule has 0 aromatic heterocycles. The van der Waals surface area contributed by atoms with Gasteiger partial charge < -0.3 is 4.90 Å². The molecular weight excluding hydrogens is 290 g/mol. The van der Waals surface area contributed by atoms with Gasteiger partial charge in [-0.15, -0.1) is 0 Å². The van der Waals surface area contributed by atoms with Crippen LogP contribution in [0.5, 0.6) is 0 Å². The van der Waals surface area contributed by atoms with Crippen LogP contribution in [-0.2, 0) is 0 Å². The second kappa shape index (κ2) is 5.04. The van der Waals surface area contributed by atoms with Crippen molar-refractivity contribution in [1.29, 1.82) is 0 Å². The normalized spacial score (nSPS) is 20.2. The van der Waals surface area contributed by atoms with Crippen LogP contribution in [0.25, 0.3) is 0 Å². The maximum Gasteiger partial charge on any atom is 0.255 e. The molecule has 3 heteroatoms. The summed E-state index contributed by atoms with van der Waals surface area (Å²) < 4.78 is 0.884. The lowest BCUT2D eigenvalue weighted by Crippen LogP contribution is -2.31. The highest BCUT2D eigenvalue weighted by Crippen LogP contribution is 2.34. The molecule has 18 heavy (non-hydrogen) atoms. The number of halogens is 1. The van der Waals surface area contributed by atoms with Crippen molar-refractivity contribution in [1.82, 2.24) is 4.90 Å². The van der Waals surface area contributed by atoms with E-state index in [9.17, 15) is 4.79 Å². The highest BCUT2D eigenvalue weighted by molar-refractivity contribution is 9.10. The number of likely N-dealkylation sites (tertiary alicyclic amines) is 1. The number of benzene rings is 1. The van der Waals surface area contributed by atoms with Crippen molar-refractivity contribution in [3.8, 4) is 0 Å². The number of nitrogens with zero attached hydrogens (tertiary/aromatic N) is 1. The van der Waals surface area contributed by atoms with E-state index in [-0.39, 0.29) is 11.3 Å². The molecule has 1 aromatic rings. The predicted molar refractivity (Wildman–Crippen MR) is 77.6 cm³/mol. The lowest BCUT2D eigenvalue weighted by Gasteiger charge is -2.27. The molecule has 2 nitrogen and oxygen atoms in total. The Labute approximate surface area is 117 Å². The average molecular weight is 310 g/mol. The van der Waals surface area contributed by atoms with E-state index in [1.807, 2.05) is 29.2 Å². The first kappa shape index (κ1) is 13.6. The van der Waals surface area contributed by atoms with Gasteiger partial charge in [-0.3, -0.25) is 4.79 Å². The van der Waals surface area contributed by atoms with Gasteiger partial charge in [0, 0.05) is 17.6 Å². The molecule has 1 saturated heterocycles.